The highest BCUT2D eigenvalue weighted by atomic mass is 32.2. The fourth-order valence-electron chi connectivity index (χ4n) is 2.37. The molecule has 0 fully saturated rings. The number of benzene rings is 1. The highest BCUT2D eigenvalue weighted by Crippen LogP contribution is 2.29. The van der Waals surface area contributed by atoms with Gasteiger partial charge in [0.15, 0.2) is 5.82 Å². The number of nitrogens with zero attached hydrogens (tertiary/aromatic N) is 4. The van der Waals surface area contributed by atoms with Crippen LogP contribution >= 0.6 is 11.8 Å². The number of aromatic nitrogens is 4. The number of ether oxygens (including phenoxy) is 1. The van der Waals surface area contributed by atoms with E-state index in [9.17, 15) is 14.0 Å². The summed E-state index contributed by atoms with van der Waals surface area (Å²) in [5.41, 5.74) is -1.82. The second-order valence-electron chi connectivity index (χ2n) is 7.15. The zero-order chi connectivity index (χ0) is 21.7. The molecular formula is C20H20FN5O3S. The van der Waals surface area contributed by atoms with E-state index in [1.807, 2.05) is 0 Å². The minimum absolute atomic E-state index is 0.105. The summed E-state index contributed by atoms with van der Waals surface area (Å²) in [7, 11) is 0. The van der Waals surface area contributed by atoms with E-state index in [4.69, 9.17) is 4.74 Å². The first kappa shape index (κ1) is 21.4. The number of para-hydroxylation sites is 1. The van der Waals surface area contributed by atoms with Crippen molar-refractivity contribution >= 4 is 29.4 Å². The lowest BCUT2D eigenvalue weighted by Gasteiger charge is -2.20. The summed E-state index contributed by atoms with van der Waals surface area (Å²) in [5, 5.41) is 10.3. The largest absolute Gasteiger partial charge is 0.443 e. The molecule has 3 rings (SSSR count). The van der Waals surface area contributed by atoms with Crippen LogP contribution < -0.4 is 5.32 Å². The molecule has 0 saturated heterocycles. The van der Waals surface area contributed by atoms with Gasteiger partial charge in [0, 0.05) is 23.6 Å². The first-order chi connectivity index (χ1) is 14.2. The highest BCUT2D eigenvalue weighted by molar-refractivity contribution is 8.00. The molecule has 1 amide bonds. The van der Waals surface area contributed by atoms with E-state index in [0.717, 1.165) is 4.57 Å². The number of hydrogen-bond donors (Lipinski definition) is 1. The molecule has 1 atom stereocenters. The summed E-state index contributed by atoms with van der Waals surface area (Å²) in [5.74, 6) is -0.722. The van der Waals surface area contributed by atoms with Crippen molar-refractivity contribution < 1.29 is 18.7 Å². The van der Waals surface area contributed by atoms with Crippen LogP contribution in [0.2, 0.25) is 0 Å². The van der Waals surface area contributed by atoms with Gasteiger partial charge in [-0.3, -0.25) is 9.78 Å². The van der Waals surface area contributed by atoms with Gasteiger partial charge < -0.3 is 10.1 Å². The Bertz CT molecular complexity index is 1020. The third kappa shape index (κ3) is 5.41. The molecule has 0 aliphatic rings. The smallest absolute Gasteiger partial charge is 0.422 e. The van der Waals surface area contributed by atoms with Gasteiger partial charge in [0.05, 0.1) is 0 Å². The summed E-state index contributed by atoms with van der Waals surface area (Å²) in [4.78, 5) is 28.9. The van der Waals surface area contributed by atoms with Crippen molar-refractivity contribution in [1.82, 2.24) is 19.7 Å². The number of anilines is 1. The van der Waals surface area contributed by atoms with Gasteiger partial charge in [0.1, 0.15) is 5.60 Å². The molecule has 0 spiro atoms. The maximum atomic E-state index is 14.7. The minimum Gasteiger partial charge on any atom is -0.443 e. The Morgan fingerprint density at radius 1 is 1.10 bits per heavy atom. The number of thioether (sulfide) groups is 1. The van der Waals surface area contributed by atoms with E-state index in [2.05, 4.69) is 20.5 Å². The zero-order valence-electron chi connectivity index (χ0n) is 16.6. The van der Waals surface area contributed by atoms with Crippen molar-refractivity contribution in [2.24, 2.45) is 0 Å². The van der Waals surface area contributed by atoms with Gasteiger partial charge >= 0.3 is 6.09 Å². The molecule has 2 aromatic heterocycles. The lowest BCUT2D eigenvalue weighted by atomic mass is 10.2. The predicted octanol–water partition coefficient (Wildman–Crippen LogP) is 4.15. The number of rotatable bonds is 5. The van der Waals surface area contributed by atoms with Crippen LogP contribution in [0.1, 0.15) is 20.8 Å². The Morgan fingerprint density at radius 2 is 1.77 bits per heavy atom. The normalized spacial score (nSPS) is 12.3. The number of carbonyl (C=O) groups is 2. The first-order valence-corrected chi connectivity index (χ1v) is 9.88. The molecule has 0 bridgehead atoms. The summed E-state index contributed by atoms with van der Waals surface area (Å²) in [6.07, 6.45) is 2.28. The van der Waals surface area contributed by atoms with Gasteiger partial charge in [-0.25, -0.2) is 13.8 Å². The molecule has 0 aliphatic heterocycles. The van der Waals surface area contributed by atoms with E-state index in [0.29, 0.717) is 23.0 Å². The molecule has 3 aromatic rings. The molecule has 1 unspecified atom stereocenters. The minimum atomic E-state index is -2.03. The topological polar surface area (TPSA) is 99.0 Å². The lowest BCUT2D eigenvalue weighted by molar-refractivity contribution is -0.118. The quantitative estimate of drug-likeness (QED) is 0.608. The van der Waals surface area contributed by atoms with Gasteiger partial charge in [-0.2, -0.15) is 0 Å². The third-order valence-corrected chi connectivity index (χ3v) is 4.50. The van der Waals surface area contributed by atoms with Gasteiger partial charge in [0.25, 0.3) is 5.91 Å². The molecule has 0 aliphatic carbocycles. The van der Waals surface area contributed by atoms with Gasteiger partial charge in [-0.05, 0) is 56.8 Å². The number of halogens is 1. The predicted molar refractivity (Wildman–Crippen MR) is 111 cm³/mol. The van der Waals surface area contributed by atoms with Gasteiger partial charge in [0.2, 0.25) is 10.7 Å². The molecule has 0 radical (unpaired) electrons. The molecule has 30 heavy (non-hydrogen) atoms. The highest BCUT2D eigenvalue weighted by Gasteiger charge is 2.29. The number of carbonyl (C=O) groups excluding carboxylic acids is 2. The summed E-state index contributed by atoms with van der Waals surface area (Å²) in [6, 6.07) is 11.8. The number of pyridine rings is 1. The molecule has 0 saturated carbocycles. The molecule has 8 nitrogen and oxygen atoms in total. The van der Waals surface area contributed by atoms with Crippen LogP contribution in [0.4, 0.5) is 14.9 Å². The van der Waals surface area contributed by atoms with E-state index in [1.54, 1.807) is 63.2 Å². The number of alkyl halides is 1. The van der Waals surface area contributed by atoms with Crippen molar-refractivity contribution in [3.05, 3.63) is 54.9 Å². The number of amides is 1. The van der Waals surface area contributed by atoms with Crippen molar-refractivity contribution in [3.63, 3.8) is 0 Å². The van der Waals surface area contributed by atoms with E-state index in [-0.39, 0.29) is 11.0 Å². The molecule has 2 heterocycles. The Morgan fingerprint density at radius 3 is 2.40 bits per heavy atom. The monoisotopic (exact) mass is 429 g/mol. The first-order valence-electron chi connectivity index (χ1n) is 9.00. The third-order valence-electron chi connectivity index (χ3n) is 3.60. The average molecular weight is 429 g/mol. The zero-order valence-corrected chi connectivity index (χ0v) is 17.4. The van der Waals surface area contributed by atoms with E-state index in [1.165, 1.54) is 12.4 Å². The molecule has 156 valence electrons. The second kappa shape index (κ2) is 9.04. The molecule has 1 aromatic carbocycles. The number of nitrogens with one attached hydrogen (secondary N) is 1. The van der Waals surface area contributed by atoms with Crippen molar-refractivity contribution in [1.29, 1.82) is 0 Å². The Balaban J connectivity index is 1.87. The second-order valence-corrected chi connectivity index (χ2v) is 8.16. The van der Waals surface area contributed by atoms with Crippen LogP contribution in [-0.2, 0) is 9.53 Å². The van der Waals surface area contributed by atoms with Crippen LogP contribution in [-0.4, -0.2) is 42.9 Å². The maximum absolute atomic E-state index is 14.7. The van der Waals surface area contributed by atoms with E-state index < -0.39 is 23.1 Å². The van der Waals surface area contributed by atoms with Crippen LogP contribution in [0.5, 0.6) is 0 Å². The standard InChI is InChI=1S/C20H20FN5O3S/c1-20(2,3)29-19(28)26-16(13-9-11-22-12-10-13)24-25-18(26)30-15(21)17(27)23-14-7-5-4-6-8-14/h4-12,15H,1-3H3,(H,23,27). The van der Waals surface area contributed by atoms with Crippen LogP contribution in [0.3, 0.4) is 0 Å². The average Bonchev–Trinajstić information content (AvgIpc) is 3.12. The van der Waals surface area contributed by atoms with Crippen LogP contribution in [0.15, 0.2) is 60.0 Å². The SMILES string of the molecule is CC(C)(C)OC(=O)n1c(SC(F)C(=O)Nc2ccccc2)nnc1-c1ccncc1. The van der Waals surface area contributed by atoms with Crippen molar-refractivity contribution in [2.75, 3.05) is 5.32 Å². The molecule has 10 heteroatoms. The summed E-state index contributed by atoms with van der Waals surface area (Å²) < 4.78 is 21.1. The lowest BCUT2D eigenvalue weighted by Crippen LogP contribution is -2.28. The molecular weight excluding hydrogens is 409 g/mol. The van der Waals surface area contributed by atoms with Gasteiger partial charge in [-0.15, -0.1) is 10.2 Å². The van der Waals surface area contributed by atoms with Gasteiger partial charge in [-0.1, -0.05) is 18.2 Å². The van der Waals surface area contributed by atoms with Crippen LogP contribution in [0.25, 0.3) is 11.4 Å². The Labute approximate surface area is 176 Å². The van der Waals surface area contributed by atoms with Crippen LogP contribution in [0, 0.1) is 0 Å². The number of hydrogen-bond acceptors (Lipinski definition) is 7. The fourth-order valence-corrected chi connectivity index (χ4v) is 3.08. The summed E-state index contributed by atoms with van der Waals surface area (Å²) in [6.45, 7) is 5.12. The Kier molecular flexibility index (Phi) is 6.46. The molecule has 1 N–H and O–H groups in total. The Hall–Kier alpha value is -3.27. The van der Waals surface area contributed by atoms with Crippen molar-refractivity contribution in [2.45, 2.75) is 37.0 Å². The summed E-state index contributed by atoms with van der Waals surface area (Å²) >= 11 is 0.462. The maximum Gasteiger partial charge on any atom is 0.422 e. The van der Waals surface area contributed by atoms with E-state index >= 15 is 0 Å². The van der Waals surface area contributed by atoms with Crippen molar-refractivity contribution in [3.8, 4) is 11.4 Å². The fraction of sp³-hybridized carbons (Fsp3) is 0.250.